The molecule has 0 spiro atoms. The number of methoxy groups -OCH3 is 1. The number of anilines is 2. The van der Waals surface area contributed by atoms with Gasteiger partial charge in [-0.1, -0.05) is 20.8 Å². The van der Waals surface area contributed by atoms with Crippen LogP contribution in [0, 0.1) is 0 Å². The molecule has 0 aromatic carbocycles. The van der Waals surface area contributed by atoms with Crippen molar-refractivity contribution in [3.8, 4) is 0 Å². The first kappa shape index (κ1) is 14.7. The van der Waals surface area contributed by atoms with Crippen molar-refractivity contribution in [3.63, 3.8) is 0 Å². The summed E-state index contributed by atoms with van der Waals surface area (Å²) in [7, 11) is 3.56. The van der Waals surface area contributed by atoms with E-state index in [1.54, 1.807) is 7.11 Å². The number of ether oxygens (including phenoxy) is 1. The third-order valence-corrected chi connectivity index (χ3v) is 2.63. The lowest BCUT2D eigenvalue weighted by Crippen LogP contribution is -2.21. The van der Waals surface area contributed by atoms with Gasteiger partial charge in [0.15, 0.2) is 0 Å². The molecule has 1 aromatic heterocycles. The van der Waals surface area contributed by atoms with Crippen molar-refractivity contribution in [2.24, 2.45) is 0 Å². The topological polar surface area (TPSA) is 59.1 Å². The SMILES string of the molecule is CNc1cc(NCC(C)OC)nc(C(C)(C)C)n1. The summed E-state index contributed by atoms with van der Waals surface area (Å²) >= 11 is 0. The molecule has 1 unspecified atom stereocenters. The van der Waals surface area contributed by atoms with Gasteiger partial charge in [-0.25, -0.2) is 9.97 Å². The maximum atomic E-state index is 5.20. The first-order chi connectivity index (χ1) is 8.36. The van der Waals surface area contributed by atoms with E-state index >= 15 is 0 Å². The number of hydrogen-bond acceptors (Lipinski definition) is 5. The molecule has 0 aliphatic rings. The first-order valence-corrected chi connectivity index (χ1v) is 6.20. The molecule has 1 rings (SSSR count). The molecule has 0 saturated heterocycles. The van der Waals surface area contributed by atoms with Crippen molar-refractivity contribution in [2.45, 2.75) is 39.2 Å². The van der Waals surface area contributed by atoms with Crippen LogP contribution in [0.25, 0.3) is 0 Å². The third kappa shape index (κ3) is 4.14. The van der Waals surface area contributed by atoms with Crippen LogP contribution >= 0.6 is 0 Å². The van der Waals surface area contributed by atoms with Gasteiger partial charge >= 0.3 is 0 Å². The maximum absolute atomic E-state index is 5.20. The van der Waals surface area contributed by atoms with Crippen LogP contribution in [0.3, 0.4) is 0 Å². The molecule has 0 saturated carbocycles. The Kier molecular flexibility index (Phi) is 4.90. The van der Waals surface area contributed by atoms with E-state index in [9.17, 15) is 0 Å². The standard InChI is InChI=1S/C13H24N4O/c1-9(18-6)8-15-11-7-10(14-5)16-12(17-11)13(2,3)4/h7,9H,8H2,1-6H3,(H2,14,15,16,17). The van der Waals surface area contributed by atoms with Crippen LogP contribution < -0.4 is 10.6 Å². The molecule has 1 atom stereocenters. The minimum atomic E-state index is -0.0733. The molecule has 18 heavy (non-hydrogen) atoms. The van der Waals surface area contributed by atoms with Crippen LogP contribution in [0.5, 0.6) is 0 Å². The molecule has 102 valence electrons. The van der Waals surface area contributed by atoms with E-state index < -0.39 is 0 Å². The number of nitrogens with zero attached hydrogens (tertiary/aromatic N) is 2. The van der Waals surface area contributed by atoms with E-state index in [0.717, 1.165) is 24.0 Å². The van der Waals surface area contributed by atoms with Crippen molar-refractivity contribution < 1.29 is 4.74 Å². The molecule has 0 bridgehead atoms. The zero-order valence-electron chi connectivity index (χ0n) is 12.2. The van der Waals surface area contributed by atoms with Crippen LogP contribution in [0.1, 0.15) is 33.5 Å². The molecule has 5 nitrogen and oxygen atoms in total. The molecule has 0 fully saturated rings. The number of hydrogen-bond donors (Lipinski definition) is 2. The van der Waals surface area contributed by atoms with Gasteiger partial charge in [-0.05, 0) is 6.92 Å². The summed E-state index contributed by atoms with van der Waals surface area (Å²) in [6, 6.07) is 1.90. The lowest BCUT2D eigenvalue weighted by Gasteiger charge is -2.19. The van der Waals surface area contributed by atoms with E-state index in [0.29, 0.717) is 0 Å². The van der Waals surface area contributed by atoms with Crippen LogP contribution in [-0.2, 0) is 10.2 Å². The molecular formula is C13H24N4O. The van der Waals surface area contributed by atoms with E-state index in [1.165, 1.54) is 0 Å². The summed E-state index contributed by atoms with van der Waals surface area (Å²) in [5.74, 6) is 2.47. The second kappa shape index (κ2) is 6.00. The summed E-state index contributed by atoms with van der Waals surface area (Å²) in [5, 5.41) is 6.33. The molecule has 1 heterocycles. The Morgan fingerprint density at radius 2 is 1.89 bits per heavy atom. The predicted molar refractivity (Wildman–Crippen MR) is 75.2 cm³/mol. The van der Waals surface area contributed by atoms with Crippen molar-refractivity contribution in [1.82, 2.24) is 9.97 Å². The van der Waals surface area contributed by atoms with Crippen LogP contribution in [0.2, 0.25) is 0 Å². The summed E-state index contributed by atoms with van der Waals surface area (Å²) in [4.78, 5) is 9.02. The Balaban J connectivity index is 2.91. The Hall–Kier alpha value is -1.36. The van der Waals surface area contributed by atoms with E-state index in [2.05, 4.69) is 41.4 Å². The van der Waals surface area contributed by atoms with Crippen molar-refractivity contribution in [1.29, 1.82) is 0 Å². The van der Waals surface area contributed by atoms with Crippen molar-refractivity contribution in [3.05, 3.63) is 11.9 Å². The Bertz CT molecular complexity index is 387. The highest BCUT2D eigenvalue weighted by Crippen LogP contribution is 2.22. The summed E-state index contributed by atoms with van der Waals surface area (Å²) in [6.45, 7) is 9.04. The lowest BCUT2D eigenvalue weighted by molar-refractivity contribution is 0.128. The Morgan fingerprint density at radius 3 is 2.39 bits per heavy atom. The van der Waals surface area contributed by atoms with Crippen LogP contribution in [0.4, 0.5) is 11.6 Å². The van der Waals surface area contributed by atoms with Gasteiger partial charge in [0.25, 0.3) is 0 Å². The Morgan fingerprint density at radius 1 is 1.28 bits per heavy atom. The fourth-order valence-corrected chi connectivity index (χ4v) is 1.33. The van der Waals surface area contributed by atoms with Gasteiger partial charge in [0.1, 0.15) is 17.5 Å². The van der Waals surface area contributed by atoms with Crippen LogP contribution in [0.15, 0.2) is 6.07 Å². The van der Waals surface area contributed by atoms with Gasteiger partial charge in [0.05, 0.1) is 6.10 Å². The van der Waals surface area contributed by atoms with Crippen molar-refractivity contribution in [2.75, 3.05) is 31.3 Å². The largest absolute Gasteiger partial charge is 0.380 e. The van der Waals surface area contributed by atoms with Gasteiger partial charge < -0.3 is 15.4 Å². The van der Waals surface area contributed by atoms with E-state index in [1.807, 2.05) is 20.0 Å². The van der Waals surface area contributed by atoms with Gasteiger partial charge in [-0.15, -0.1) is 0 Å². The monoisotopic (exact) mass is 252 g/mol. The van der Waals surface area contributed by atoms with E-state index in [4.69, 9.17) is 4.74 Å². The first-order valence-electron chi connectivity index (χ1n) is 6.20. The lowest BCUT2D eigenvalue weighted by atomic mass is 9.96. The molecule has 0 aliphatic carbocycles. The third-order valence-electron chi connectivity index (χ3n) is 2.63. The van der Waals surface area contributed by atoms with E-state index in [-0.39, 0.29) is 11.5 Å². The molecule has 0 radical (unpaired) electrons. The van der Waals surface area contributed by atoms with Crippen molar-refractivity contribution >= 4 is 11.6 Å². The zero-order valence-corrected chi connectivity index (χ0v) is 12.2. The smallest absolute Gasteiger partial charge is 0.138 e. The Labute approximate surface area is 109 Å². The van der Waals surface area contributed by atoms with Crippen LogP contribution in [-0.4, -0.2) is 36.8 Å². The number of nitrogens with one attached hydrogen (secondary N) is 2. The second-order valence-corrected chi connectivity index (χ2v) is 5.39. The van der Waals surface area contributed by atoms with Gasteiger partial charge in [0.2, 0.25) is 0 Å². The molecule has 0 aliphatic heterocycles. The quantitative estimate of drug-likeness (QED) is 0.842. The highest BCUT2D eigenvalue weighted by molar-refractivity contribution is 5.47. The number of rotatable bonds is 5. The average Bonchev–Trinajstić information content (AvgIpc) is 2.34. The maximum Gasteiger partial charge on any atom is 0.138 e. The average molecular weight is 252 g/mol. The van der Waals surface area contributed by atoms with Gasteiger partial charge in [-0.3, -0.25) is 0 Å². The normalized spacial score (nSPS) is 13.2. The summed E-state index contributed by atoms with van der Waals surface area (Å²) in [6.07, 6.45) is 0.149. The fraction of sp³-hybridized carbons (Fsp3) is 0.692. The van der Waals surface area contributed by atoms with Gasteiger partial charge in [-0.2, -0.15) is 0 Å². The fourth-order valence-electron chi connectivity index (χ4n) is 1.33. The second-order valence-electron chi connectivity index (χ2n) is 5.39. The molecule has 5 heteroatoms. The zero-order chi connectivity index (χ0) is 13.8. The molecule has 2 N–H and O–H groups in total. The summed E-state index contributed by atoms with van der Waals surface area (Å²) in [5.41, 5.74) is -0.0733. The number of aromatic nitrogens is 2. The molecular weight excluding hydrogens is 228 g/mol. The minimum absolute atomic E-state index is 0.0733. The summed E-state index contributed by atoms with van der Waals surface area (Å²) < 4.78 is 5.20. The molecule has 1 aromatic rings. The predicted octanol–water partition coefficient (Wildman–Crippen LogP) is 2.26. The highest BCUT2D eigenvalue weighted by atomic mass is 16.5. The highest BCUT2D eigenvalue weighted by Gasteiger charge is 2.19. The minimum Gasteiger partial charge on any atom is -0.380 e. The van der Waals surface area contributed by atoms with Gasteiger partial charge in [0, 0.05) is 32.2 Å². The molecule has 0 amide bonds.